The van der Waals surface area contributed by atoms with E-state index in [0.717, 1.165) is 51.9 Å². The monoisotopic (exact) mass is 330 g/mol. The largest absolute Gasteiger partial charge is 0.465 e. The number of likely N-dealkylation sites (N-methyl/N-ethyl adjacent to an activating group) is 1. The van der Waals surface area contributed by atoms with Gasteiger partial charge in [0.1, 0.15) is 0 Å². The van der Waals surface area contributed by atoms with Crippen LogP contribution in [0.5, 0.6) is 0 Å². The first-order valence-electron chi connectivity index (χ1n) is 9.02. The predicted molar refractivity (Wildman–Crippen MR) is 95.7 cm³/mol. The number of esters is 1. The van der Waals surface area contributed by atoms with Gasteiger partial charge in [0.25, 0.3) is 0 Å². The Morgan fingerprint density at radius 2 is 1.70 bits per heavy atom. The first kappa shape index (κ1) is 22.4. The van der Waals surface area contributed by atoms with Gasteiger partial charge in [-0.3, -0.25) is 4.79 Å². The van der Waals surface area contributed by atoms with Crippen molar-refractivity contribution < 1.29 is 14.3 Å². The Morgan fingerprint density at radius 1 is 1.00 bits per heavy atom. The average molecular weight is 331 g/mol. The van der Waals surface area contributed by atoms with Crippen LogP contribution >= 0.6 is 0 Å². The Kier molecular flexibility index (Phi) is 13.4. The van der Waals surface area contributed by atoms with Crippen molar-refractivity contribution in [2.75, 3.05) is 54.0 Å². The number of hydrogen-bond donors (Lipinski definition) is 0. The highest BCUT2D eigenvalue weighted by molar-refractivity contribution is 5.72. The van der Waals surface area contributed by atoms with E-state index in [-0.39, 0.29) is 11.9 Å². The second-order valence-corrected chi connectivity index (χ2v) is 6.61. The van der Waals surface area contributed by atoms with Gasteiger partial charge in [0.05, 0.1) is 25.2 Å². The summed E-state index contributed by atoms with van der Waals surface area (Å²) in [4.78, 5) is 16.4. The van der Waals surface area contributed by atoms with Crippen LogP contribution in [0, 0.1) is 5.92 Å². The summed E-state index contributed by atoms with van der Waals surface area (Å²) in [6.45, 7) is 10.3. The van der Waals surface area contributed by atoms with E-state index in [0.29, 0.717) is 12.7 Å². The summed E-state index contributed by atoms with van der Waals surface area (Å²) in [5, 5.41) is 0. The molecule has 0 N–H and O–H groups in total. The molecule has 0 aromatic rings. The molecule has 5 heteroatoms. The smallest absolute Gasteiger partial charge is 0.308 e. The highest BCUT2D eigenvalue weighted by Crippen LogP contribution is 2.11. The first-order valence-corrected chi connectivity index (χ1v) is 9.02. The number of nitrogens with zero attached hydrogens (tertiary/aromatic N) is 2. The van der Waals surface area contributed by atoms with E-state index >= 15 is 0 Å². The van der Waals surface area contributed by atoms with Gasteiger partial charge in [-0.1, -0.05) is 13.8 Å². The fraction of sp³-hybridized carbons (Fsp3) is 0.944. The molecule has 0 bridgehead atoms. The highest BCUT2D eigenvalue weighted by atomic mass is 16.5. The van der Waals surface area contributed by atoms with Gasteiger partial charge in [0.15, 0.2) is 0 Å². The van der Waals surface area contributed by atoms with Crippen LogP contribution in [0.25, 0.3) is 0 Å². The summed E-state index contributed by atoms with van der Waals surface area (Å²) in [7, 11) is 6.13. The van der Waals surface area contributed by atoms with Gasteiger partial charge in [-0.25, -0.2) is 0 Å². The summed E-state index contributed by atoms with van der Waals surface area (Å²) in [5.41, 5.74) is 0. The van der Waals surface area contributed by atoms with E-state index in [9.17, 15) is 4.79 Å². The molecule has 0 spiro atoms. The summed E-state index contributed by atoms with van der Waals surface area (Å²) < 4.78 is 11.1. The van der Waals surface area contributed by atoms with Crippen molar-refractivity contribution in [3.63, 3.8) is 0 Å². The maximum absolute atomic E-state index is 12.1. The molecule has 23 heavy (non-hydrogen) atoms. The average Bonchev–Trinajstić information content (AvgIpc) is 2.51. The molecule has 0 rings (SSSR count). The minimum Gasteiger partial charge on any atom is -0.465 e. The van der Waals surface area contributed by atoms with Crippen molar-refractivity contribution in [3.8, 4) is 0 Å². The number of carbonyl (C=O) groups excluding carboxylic acids is 1. The standard InChI is InChI=1S/C18H38N2O3/c1-7-16(3)22-15-13-20(6)12-10-17(8-2)18(21)23-14-9-11-19(4)5/h16-17H,7-15H2,1-6H3. The second-order valence-electron chi connectivity index (χ2n) is 6.61. The van der Waals surface area contributed by atoms with Gasteiger partial charge >= 0.3 is 5.97 Å². The molecule has 0 amide bonds. The van der Waals surface area contributed by atoms with Crippen LogP contribution in [-0.2, 0) is 14.3 Å². The molecule has 5 nitrogen and oxygen atoms in total. The van der Waals surface area contributed by atoms with Crippen molar-refractivity contribution >= 4 is 5.97 Å². The molecule has 0 heterocycles. The lowest BCUT2D eigenvalue weighted by atomic mass is 10.0. The molecule has 0 aromatic carbocycles. The van der Waals surface area contributed by atoms with E-state index in [1.54, 1.807) is 0 Å². The van der Waals surface area contributed by atoms with Crippen molar-refractivity contribution in [3.05, 3.63) is 0 Å². The first-order chi connectivity index (χ1) is 10.9. The van der Waals surface area contributed by atoms with Gasteiger partial charge in [-0.05, 0) is 60.3 Å². The molecule has 0 fully saturated rings. The summed E-state index contributed by atoms with van der Waals surface area (Å²) in [6.07, 6.45) is 3.94. The molecule has 0 aromatic heterocycles. The van der Waals surface area contributed by atoms with E-state index in [1.807, 2.05) is 14.1 Å². The fourth-order valence-electron chi connectivity index (χ4n) is 2.18. The maximum Gasteiger partial charge on any atom is 0.308 e. The third-order valence-corrected chi connectivity index (χ3v) is 4.13. The molecule has 0 aliphatic carbocycles. The van der Waals surface area contributed by atoms with E-state index in [4.69, 9.17) is 9.47 Å². The van der Waals surface area contributed by atoms with Crippen LogP contribution in [0.15, 0.2) is 0 Å². The minimum atomic E-state index is -0.0458. The molecule has 138 valence electrons. The van der Waals surface area contributed by atoms with Gasteiger partial charge < -0.3 is 19.3 Å². The Morgan fingerprint density at radius 3 is 2.26 bits per heavy atom. The van der Waals surface area contributed by atoms with Crippen molar-refractivity contribution in [2.24, 2.45) is 5.92 Å². The number of carbonyl (C=O) groups is 1. The zero-order valence-corrected chi connectivity index (χ0v) is 16.1. The second kappa shape index (κ2) is 13.8. The van der Waals surface area contributed by atoms with Gasteiger partial charge in [0.2, 0.25) is 0 Å². The van der Waals surface area contributed by atoms with E-state index in [2.05, 4.69) is 37.6 Å². The lowest BCUT2D eigenvalue weighted by Crippen LogP contribution is -2.29. The van der Waals surface area contributed by atoms with Gasteiger partial charge in [-0.2, -0.15) is 0 Å². The highest BCUT2D eigenvalue weighted by Gasteiger charge is 2.18. The van der Waals surface area contributed by atoms with Crippen LogP contribution < -0.4 is 0 Å². The lowest BCUT2D eigenvalue weighted by Gasteiger charge is -2.21. The topological polar surface area (TPSA) is 42.0 Å². The maximum atomic E-state index is 12.1. The Hall–Kier alpha value is -0.650. The predicted octanol–water partition coefficient (Wildman–Crippen LogP) is 2.64. The Bertz CT molecular complexity index is 298. The molecular formula is C18H38N2O3. The number of hydrogen-bond acceptors (Lipinski definition) is 5. The summed E-state index contributed by atoms with van der Waals surface area (Å²) in [5.74, 6) is -0.0391. The number of rotatable bonds is 14. The Balaban J connectivity index is 3.87. The normalized spacial score (nSPS) is 14.3. The quantitative estimate of drug-likeness (QED) is 0.362. The van der Waals surface area contributed by atoms with Crippen LogP contribution in [-0.4, -0.2) is 75.9 Å². The zero-order valence-electron chi connectivity index (χ0n) is 16.1. The lowest BCUT2D eigenvalue weighted by molar-refractivity contribution is -0.149. The summed E-state index contributed by atoms with van der Waals surface area (Å²) in [6, 6.07) is 0. The molecule has 2 atom stereocenters. The summed E-state index contributed by atoms with van der Waals surface area (Å²) >= 11 is 0. The van der Waals surface area contributed by atoms with Crippen molar-refractivity contribution in [2.45, 2.75) is 52.6 Å². The molecule has 0 radical (unpaired) electrons. The van der Waals surface area contributed by atoms with Crippen LogP contribution in [0.2, 0.25) is 0 Å². The van der Waals surface area contributed by atoms with Crippen molar-refractivity contribution in [1.29, 1.82) is 0 Å². The van der Waals surface area contributed by atoms with E-state index in [1.165, 1.54) is 0 Å². The van der Waals surface area contributed by atoms with Gasteiger partial charge in [-0.15, -0.1) is 0 Å². The third-order valence-electron chi connectivity index (χ3n) is 4.13. The van der Waals surface area contributed by atoms with Crippen LogP contribution in [0.3, 0.4) is 0 Å². The molecule has 0 saturated heterocycles. The molecule has 0 aliphatic heterocycles. The van der Waals surface area contributed by atoms with E-state index < -0.39 is 0 Å². The molecule has 0 aliphatic rings. The SMILES string of the molecule is CCC(C)OCCN(C)CCC(CC)C(=O)OCCCN(C)C. The van der Waals surface area contributed by atoms with Crippen LogP contribution in [0.1, 0.15) is 46.5 Å². The zero-order chi connectivity index (χ0) is 17.7. The van der Waals surface area contributed by atoms with Gasteiger partial charge in [0, 0.05) is 13.1 Å². The molecule has 2 unspecified atom stereocenters. The number of ether oxygens (including phenoxy) is 2. The van der Waals surface area contributed by atoms with Crippen LogP contribution in [0.4, 0.5) is 0 Å². The third kappa shape index (κ3) is 12.4. The molecular weight excluding hydrogens is 292 g/mol. The minimum absolute atomic E-state index is 0.00675. The Labute approximate surface area is 143 Å². The fourth-order valence-corrected chi connectivity index (χ4v) is 2.18. The molecule has 0 saturated carbocycles. The van der Waals surface area contributed by atoms with Crippen molar-refractivity contribution in [1.82, 2.24) is 9.80 Å².